The fraction of sp³-hybridized carbons (Fsp3) is 0.971. The van der Waals surface area contributed by atoms with Crippen LogP contribution in [-0.4, -0.2) is 152 Å². The van der Waals surface area contributed by atoms with E-state index in [4.69, 9.17) is 59.2 Å². The lowest BCUT2D eigenvalue weighted by molar-refractivity contribution is -0.118. The van der Waals surface area contributed by atoms with Crippen LogP contribution in [0.5, 0.6) is 0 Å². The second-order valence-corrected chi connectivity index (χ2v) is 76.9. The zero-order valence-corrected chi connectivity index (χ0v) is 62.3. The third-order valence-corrected chi connectivity index (χ3v) is 59.4. The van der Waals surface area contributed by atoms with Crippen LogP contribution in [0.4, 0.5) is 0 Å². The molecule has 4 N–H and O–H groups in total. The molecule has 0 spiro atoms. The first-order valence-corrected chi connectivity index (χ1v) is 64.3. The average molecular weight is 1230 g/mol. The minimum atomic E-state index is -4.29. The minimum Gasteiger partial charge on any atom is -0.437 e. The molecule has 0 aromatic heterocycles. The summed E-state index contributed by atoms with van der Waals surface area (Å²) in [6.45, 7) is 55.7. The lowest BCUT2D eigenvalue weighted by Crippen LogP contribution is -2.63. The Bertz CT molecular complexity index is 1650. The van der Waals surface area contributed by atoms with Crippen molar-refractivity contribution in [2.75, 3.05) is 25.4 Å². The number of rotatable bonds is 34. The maximum Gasteiger partial charge on any atom is 0.384 e. The van der Waals surface area contributed by atoms with Gasteiger partial charge in [0.05, 0.1) is 5.75 Å². The molecule has 0 aliphatic heterocycles. The first-order chi connectivity index (χ1) is 29.5. The highest BCUT2D eigenvalue weighted by atomic mass is 32.7. The molecule has 33 heteroatoms. The fourth-order valence-corrected chi connectivity index (χ4v) is 76.2. The standard InChI is InChI=1S/C35H99N2O16PSSi13/c1-34(31-36-29-30-37-35(38)32-55-54(39,40)41)33-68(28,43-57(5,6)7)53-67(26,27)52-66(24,25)51-65(22,23)50-64(20,21)49-63(18,19)48-62(16,17)47-61(14,15)46-60(12,13)45-59(10,11)44-58(8,9)42-56(2,3)4/h34,36H,29-33H2,1-28H3,(H,37,38)(H2,39,40,41). The number of amides is 1. The van der Waals surface area contributed by atoms with Gasteiger partial charge in [0.25, 0.3) is 0 Å². The lowest BCUT2D eigenvalue weighted by Gasteiger charge is -2.45. The van der Waals surface area contributed by atoms with E-state index in [2.05, 4.69) is 129 Å². The molecule has 0 rings (SSSR count). The van der Waals surface area contributed by atoms with Crippen LogP contribution in [0, 0.1) is 5.92 Å². The number of hydrogen-bond acceptors (Lipinski definition) is 16. The predicted molar refractivity (Wildman–Crippen MR) is 311 cm³/mol. The van der Waals surface area contributed by atoms with Gasteiger partial charge in [-0.1, -0.05) is 6.92 Å². The van der Waals surface area contributed by atoms with Gasteiger partial charge in [-0.25, -0.2) is 4.57 Å². The second-order valence-electron chi connectivity index (χ2n) is 24.2. The molecular weight excluding hydrogens is 1130 g/mol. The minimum absolute atomic E-state index is 0.197. The van der Waals surface area contributed by atoms with Crippen LogP contribution < -0.4 is 10.6 Å². The predicted octanol–water partition coefficient (Wildman–Crippen LogP) is 10.1. The third-order valence-electron chi connectivity index (χ3n) is 8.16. The topological polar surface area (TPSA) is 209 Å². The largest absolute Gasteiger partial charge is 0.437 e. The fourth-order valence-electron chi connectivity index (χ4n) is 9.08. The van der Waals surface area contributed by atoms with Gasteiger partial charge >= 0.3 is 101 Å². The van der Waals surface area contributed by atoms with Crippen molar-refractivity contribution in [2.45, 2.75) is 190 Å². The molecule has 1 amide bonds. The zero-order valence-electron chi connectivity index (χ0n) is 47.6. The van der Waals surface area contributed by atoms with E-state index in [1.807, 2.05) is 65.5 Å². The summed E-state index contributed by atoms with van der Waals surface area (Å²) in [5, 5.41) is 6.06. The Morgan fingerprint density at radius 2 is 0.706 bits per heavy atom. The van der Waals surface area contributed by atoms with Crippen LogP contribution >= 0.6 is 18.2 Å². The van der Waals surface area contributed by atoms with Crippen molar-refractivity contribution in [2.24, 2.45) is 5.92 Å². The van der Waals surface area contributed by atoms with Gasteiger partial charge in [-0.05, 0) is 207 Å². The van der Waals surface area contributed by atoms with E-state index in [-0.39, 0.29) is 11.7 Å². The van der Waals surface area contributed by atoms with Crippen LogP contribution in [0.2, 0.25) is 183 Å². The van der Waals surface area contributed by atoms with Gasteiger partial charge in [0.15, 0.2) is 16.6 Å². The molecular formula is C35H99N2O16PSSi13. The molecule has 408 valence electrons. The molecule has 0 aromatic rings. The van der Waals surface area contributed by atoms with Gasteiger partial charge in [0, 0.05) is 13.1 Å². The van der Waals surface area contributed by atoms with Gasteiger partial charge in [0.1, 0.15) is 0 Å². The van der Waals surface area contributed by atoms with Gasteiger partial charge in [-0.15, -0.1) is 0 Å². The highest BCUT2D eigenvalue weighted by Crippen LogP contribution is 2.49. The van der Waals surface area contributed by atoms with Crippen molar-refractivity contribution in [3.8, 4) is 0 Å². The first kappa shape index (κ1) is 70.3. The summed E-state index contributed by atoms with van der Waals surface area (Å²) >= 11 is 0.323. The summed E-state index contributed by atoms with van der Waals surface area (Å²) in [4.78, 5) is 29.9. The maximum atomic E-state index is 11.9. The summed E-state index contributed by atoms with van der Waals surface area (Å²) in [6, 6.07) is 0.732. The van der Waals surface area contributed by atoms with E-state index in [0.29, 0.717) is 31.0 Å². The SMILES string of the molecule is CC(CNCCNC(=O)CSP(=O)(O)O)C[Si](C)(O[Si](C)(C)C)O[Si](C)(C)O[Si](C)(C)O[Si](C)(C)O[Si](C)(C)O[Si](C)(C)O[Si](C)(C)O[Si](C)(C)O[Si](C)(C)O[Si](C)(C)O[Si](C)(C)O[Si](C)(C)C. The molecule has 18 nitrogen and oxygen atoms in total. The molecule has 2 unspecified atom stereocenters. The third kappa shape index (κ3) is 35.5. The highest BCUT2D eigenvalue weighted by Gasteiger charge is 2.52. The Hall–Kier alpha value is 2.27. The highest BCUT2D eigenvalue weighted by molar-refractivity contribution is 8.54. The number of nitrogens with one attached hydrogen (secondary N) is 2. The number of carbonyl (C=O) groups is 1. The molecule has 0 aromatic carbocycles. The smallest absolute Gasteiger partial charge is 0.384 e. The normalized spacial score (nSPS) is 16.5. The van der Waals surface area contributed by atoms with E-state index in [9.17, 15) is 9.36 Å². The monoisotopic (exact) mass is 1230 g/mol. The molecule has 0 fully saturated rings. The molecule has 2 atom stereocenters. The van der Waals surface area contributed by atoms with Crippen molar-refractivity contribution in [3.63, 3.8) is 0 Å². The van der Waals surface area contributed by atoms with E-state index in [1.54, 1.807) is 0 Å². The van der Waals surface area contributed by atoms with Gasteiger partial charge in [-0.3, -0.25) is 4.79 Å². The van der Waals surface area contributed by atoms with Crippen molar-refractivity contribution in [1.29, 1.82) is 0 Å². The Morgan fingerprint density at radius 1 is 0.441 bits per heavy atom. The van der Waals surface area contributed by atoms with E-state index < -0.39 is 124 Å². The quantitative estimate of drug-likeness (QED) is 0.0268. The molecule has 0 saturated heterocycles. The molecule has 0 saturated carbocycles. The first-order valence-electron chi connectivity index (χ1n) is 23.6. The average Bonchev–Trinajstić information content (AvgIpc) is 2.90. The van der Waals surface area contributed by atoms with Gasteiger partial charge in [0.2, 0.25) is 5.91 Å². The van der Waals surface area contributed by atoms with E-state index in [0.717, 1.165) is 6.04 Å². The molecule has 0 heterocycles. The molecule has 0 radical (unpaired) electrons. The van der Waals surface area contributed by atoms with Crippen molar-refractivity contribution in [3.05, 3.63) is 0 Å². The lowest BCUT2D eigenvalue weighted by atomic mass is 10.2. The van der Waals surface area contributed by atoms with E-state index >= 15 is 0 Å². The molecule has 68 heavy (non-hydrogen) atoms. The summed E-state index contributed by atoms with van der Waals surface area (Å²) in [7, 11) is -34.0. The second kappa shape index (κ2) is 25.6. The Labute approximate surface area is 432 Å². The van der Waals surface area contributed by atoms with Crippen LogP contribution in [-0.2, 0) is 58.7 Å². The van der Waals surface area contributed by atoms with Crippen molar-refractivity contribution >= 4 is 135 Å². The molecule has 0 bridgehead atoms. The van der Waals surface area contributed by atoms with Crippen LogP contribution in [0.1, 0.15) is 6.92 Å². The molecule has 0 aliphatic rings. The summed E-state index contributed by atoms with van der Waals surface area (Å²) < 4.78 is 93.0. The van der Waals surface area contributed by atoms with Crippen LogP contribution in [0.3, 0.4) is 0 Å². The number of hydrogen-bond donors (Lipinski definition) is 4. The van der Waals surface area contributed by atoms with E-state index in [1.165, 1.54) is 0 Å². The summed E-state index contributed by atoms with van der Waals surface area (Å²) in [5.41, 5.74) is 0. The Kier molecular flexibility index (Phi) is 26.5. The maximum absolute atomic E-state index is 11.9. The van der Waals surface area contributed by atoms with Crippen molar-refractivity contribution in [1.82, 2.24) is 10.6 Å². The Balaban J connectivity index is 5.70. The summed E-state index contributed by atoms with van der Waals surface area (Å²) in [5.74, 6) is -0.519. The zero-order chi connectivity index (χ0) is 54.3. The van der Waals surface area contributed by atoms with Gasteiger partial charge in [-0.2, -0.15) is 0 Å². The van der Waals surface area contributed by atoms with Crippen LogP contribution in [0.15, 0.2) is 0 Å². The van der Waals surface area contributed by atoms with Crippen LogP contribution in [0.25, 0.3) is 0 Å². The summed E-state index contributed by atoms with van der Waals surface area (Å²) in [6.07, 6.45) is 0. The molecule has 0 aliphatic carbocycles. The van der Waals surface area contributed by atoms with Crippen molar-refractivity contribution < 1.29 is 68.5 Å². The van der Waals surface area contributed by atoms with Gasteiger partial charge < -0.3 is 69.8 Å². The Morgan fingerprint density at radius 3 is 0.971 bits per heavy atom. The number of carbonyl (C=O) groups excluding carboxylic acids is 1.